The number of carbonyl (C=O) groups is 2. The molecule has 1 fully saturated rings. The second-order valence-corrected chi connectivity index (χ2v) is 21.8. The average molecular weight is 1130 g/mol. The van der Waals surface area contributed by atoms with Crippen molar-refractivity contribution in [1.82, 2.24) is 5.32 Å². The molecule has 11 nitrogen and oxygen atoms in total. The largest absolute Gasteiger partial charge is 0.454 e. The minimum Gasteiger partial charge on any atom is -0.454 e. The van der Waals surface area contributed by atoms with Gasteiger partial charge in [-0.2, -0.15) is 0 Å². The summed E-state index contributed by atoms with van der Waals surface area (Å²) in [6.45, 7) is 5.60. The Balaban J connectivity index is 2.66. The van der Waals surface area contributed by atoms with E-state index >= 15 is 0 Å². The number of hydrogen-bond donors (Lipinski definition) is 6. The molecule has 1 heterocycles. The first kappa shape index (κ1) is 75.1. The third-order valence-electron chi connectivity index (χ3n) is 14.3. The maximum absolute atomic E-state index is 13.4. The number of esters is 1. The molecule has 8 atom stereocenters. The van der Waals surface area contributed by atoms with Crippen LogP contribution in [0.15, 0.2) is 122 Å². The Morgan fingerprint density at radius 1 is 0.494 bits per heavy atom. The van der Waals surface area contributed by atoms with Gasteiger partial charge in [0, 0.05) is 6.42 Å². The number of aliphatic hydroxyl groups is 5. The molecule has 1 saturated heterocycles. The molecule has 0 radical (unpaired) electrons. The fourth-order valence-corrected chi connectivity index (χ4v) is 9.26. The van der Waals surface area contributed by atoms with Crippen molar-refractivity contribution in [2.45, 2.75) is 294 Å². The average Bonchev–Trinajstić information content (AvgIpc) is 3.50. The third kappa shape index (κ3) is 44.3. The molecule has 0 saturated carbocycles. The molecule has 462 valence electrons. The van der Waals surface area contributed by atoms with E-state index in [0.717, 1.165) is 116 Å². The highest BCUT2D eigenvalue weighted by molar-refractivity contribution is 5.80. The minimum atomic E-state index is -1.64. The monoisotopic (exact) mass is 1130 g/mol. The lowest BCUT2D eigenvalue weighted by Gasteiger charge is -2.41. The Morgan fingerprint density at radius 3 is 1.36 bits per heavy atom. The molecule has 81 heavy (non-hydrogen) atoms. The van der Waals surface area contributed by atoms with Crippen LogP contribution < -0.4 is 5.32 Å². The summed E-state index contributed by atoms with van der Waals surface area (Å²) in [6.07, 6.45) is 68.1. The van der Waals surface area contributed by atoms with Crippen LogP contribution in [0.1, 0.15) is 245 Å². The van der Waals surface area contributed by atoms with E-state index in [0.29, 0.717) is 19.3 Å². The quantitative estimate of drug-likeness (QED) is 0.0195. The molecule has 1 rings (SSSR count). The summed E-state index contributed by atoms with van der Waals surface area (Å²) in [5.74, 6) is -1.27. The van der Waals surface area contributed by atoms with Crippen molar-refractivity contribution in [3.05, 3.63) is 122 Å². The topological polar surface area (TPSA) is 175 Å². The molecular weight excluding hydrogens is 1010 g/mol. The summed E-state index contributed by atoms with van der Waals surface area (Å²) in [7, 11) is 0. The van der Waals surface area contributed by atoms with Crippen LogP contribution in [-0.2, 0) is 23.8 Å². The van der Waals surface area contributed by atoms with Gasteiger partial charge in [0.25, 0.3) is 0 Å². The second kappa shape index (κ2) is 56.5. The van der Waals surface area contributed by atoms with Gasteiger partial charge in [-0.05, 0) is 109 Å². The summed E-state index contributed by atoms with van der Waals surface area (Å²) in [4.78, 5) is 26.5. The van der Waals surface area contributed by atoms with Gasteiger partial charge >= 0.3 is 5.97 Å². The number of ether oxygens (including phenoxy) is 3. The highest BCUT2D eigenvalue weighted by atomic mass is 16.7. The normalized spacial score (nSPS) is 19.5. The van der Waals surface area contributed by atoms with Crippen LogP contribution in [0.25, 0.3) is 0 Å². The van der Waals surface area contributed by atoms with Gasteiger partial charge in [-0.15, -0.1) is 0 Å². The van der Waals surface area contributed by atoms with Crippen LogP contribution in [0.2, 0.25) is 0 Å². The van der Waals surface area contributed by atoms with Crippen molar-refractivity contribution in [2.75, 3.05) is 13.2 Å². The third-order valence-corrected chi connectivity index (χ3v) is 14.3. The minimum absolute atomic E-state index is 0.0412. The van der Waals surface area contributed by atoms with Crippen LogP contribution in [0.3, 0.4) is 0 Å². The molecule has 0 aromatic heterocycles. The maximum atomic E-state index is 13.4. The second-order valence-electron chi connectivity index (χ2n) is 21.8. The summed E-state index contributed by atoms with van der Waals surface area (Å²) in [5, 5.41) is 57.0. The predicted octanol–water partition coefficient (Wildman–Crippen LogP) is 15.8. The van der Waals surface area contributed by atoms with E-state index in [1.807, 2.05) is 18.2 Å². The van der Waals surface area contributed by atoms with Crippen LogP contribution in [0.4, 0.5) is 0 Å². The number of nitrogens with one attached hydrogen (secondary N) is 1. The van der Waals surface area contributed by atoms with Gasteiger partial charge in [-0.3, -0.25) is 9.59 Å². The molecule has 8 unspecified atom stereocenters. The number of carbonyl (C=O) groups excluding carboxylic acids is 2. The van der Waals surface area contributed by atoms with E-state index in [4.69, 9.17) is 14.2 Å². The van der Waals surface area contributed by atoms with E-state index < -0.39 is 67.4 Å². The van der Waals surface area contributed by atoms with Crippen molar-refractivity contribution in [3.63, 3.8) is 0 Å². The molecule has 0 aliphatic carbocycles. The smallest absolute Gasteiger partial charge is 0.306 e. The summed E-state index contributed by atoms with van der Waals surface area (Å²) < 4.78 is 17.6. The molecule has 0 bridgehead atoms. The molecule has 6 N–H and O–H groups in total. The van der Waals surface area contributed by atoms with Crippen molar-refractivity contribution >= 4 is 11.9 Å². The Kier molecular flexibility index (Phi) is 52.4. The van der Waals surface area contributed by atoms with Crippen molar-refractivity contribution < 1.29 is 49.3 Å². The van der Waals surface area contributed by atoms with Crippen LogP contribution in [0.5, 0.6) is 0 Å². The molecule has 1 aliphatic rings. The molecular formula is C70H117NO10. The number of rotatable bonds is 53. The predicted molar refractivity (Wildman–Crippen MR) is 338 cm³/mol. The van der Waals surface area contributed by atoms with Crippen molar-refractivity contribution in [2.24, 2.45) is 0 Å². The SMILES string of the molecule is CC/C=C\C/C=C\C/C=C\C/C=C\C/C=C\CCCCCCCCCCC(O)C(=O)NC(COC1OC(CO)C(O)C(O)C1OC(=O)CCC/C=C\C/C=C\C/C=C\C/C=C\CCCCC)C(O)/C=C/CCCCCCCCCCC. The molecule has 0 aromatic rings. The van der Waals surface area contributed by atoms with Crippen LogP contribution in [0, 0.1) is 0 Å². The molecule has 1 amide bonds. The Hall–Kier alpha value is -3.94. The fraction of sp³-hybridized carbons (Fsp3) is 0.686. The molecule has 1 aliphatic heterocycles. The number of allylic oxidation sites excluding steroid dienone is 19. The summed E-state index contributed by atoms with van der Waals surface area (Å²) >= 11 is 0. The van der Waals surface area contributed by atoms with Gasteiger partial charge in [0.1, 0.15) is 24.4 Å². The number of unbranched alkanes of at least 4 members (excludes halogenated alkanes) is 21. The number of hydrogen-bond acceptors (Lipinski definition) is 10. The summed E-state index contributed by atoms with van der Waals surface area (Å²) in [5.41, 5.74) is 0. The van der Waals surface area contributed by atoms with E-state index in [2.05, 4.69) is 123 Å². The first-order chi connectivity index (χ1) is 39.7. The Bertz CT molecular complexity index is 1780. The zero-order valence-corrected chi connectivity index (χ0v) is 51.1. The molecule has 11 heteroatoms. The molecule has 0 aromatic carbocycles. The molecule has 0 spiro atoms. The Morgan fingerprint density at radius 2 is 0.889 bits per heavy atom. The fourth-order valence-electron chi connectivity index (χ4n) is 9.26. The van der Waals surface area contributed by atoms with Gasteiger partial charge < -0.3 is 45.1 Å². The van der Waals surface area contributed by atoms with E-state index in [-0.39, 0.29) is 19.4 Å². The van der Waals surface area contributed by atoms with Crippen LogP contribution in [-0.4, -0.2) is 99.6 Å². The maximum Gasteiger partial charge on any atom is 0.306 e. The standard InChI is InChI=1S/C70H117NO10/c1-4-7-10-13-16-19-22-24-26-28-29-30-31-32-33-34-36-37-39-42-45-48-51-54-57-63(74)69(78)71-61(62(73)56-53-50-47-44-41-21-18-15-12-9-6-3)60-79-70-68(67(77)66(76)64(59-72)80-70)81-65(75)58-55-52-49-46-43-40-38-35-27-25-23-20-17-14-11-8-5-2/h7,10,16-17,19-20,24-27,29-30,32-33,38,40,46,49,53,56,61-64,66-68,70,72-74,76-77H,4-6,8-9,11-15,18,21-23,28,31,34-37,39,41-45,47-48,50-52,54-55,57-60H2,1-3H3,(H,71,78)/b10-7-,19-16-,20-17-,26-24-,27-25-,30-29-,33-32-,40-38-,49-46-,56-53+. The zero-order valence-electron chi connectivity index (χ0n) is 51.1. The van der Waals surface area contributed by atoms with Crippen LogP contribution >= 0.6 is 0 Å². The first-order valence-corrected chi connectivity index (χ1v) is 32.3. The highest BCUT2D eigenvalue weighted by Gasteiger charge is 2.47. The van der Waals surface area contributed by atoms with Gasteiger partial charge in [0.2, 0.25) is 5.91 Å². The number of amides is 1. The number of aliphatic hydroxyl groups excluding tert-OH is 5. The highest BCUT2D eigenvalue weighted by Crippen LogP contribution is 2.26. The van der Waals surface area contributed by atoms with E-state index in [1.54, 1.807) is 6.08 Å². The van der Waals surface area contributed by atoms with Crippen molar-refractivity contribution in [3.8, 4) is 0 Å². The van der Waals surface area contributed by atoms with E-state index in [1.165, 1.54) is 77.0 Å². The zero-order chi connectivity index (χ0) is 58.9. The van der Waals surface area contributed by atoms with E-state index in [9.17, 15) is 35.1 Å². The van der Waals surface area contributed by atoms with Gasteiger partial charge in [-0.1, -0.05) is 251 Å². The van der Waals surface area contributed by atoms with Gasteiger partial charge in [0.15, 0.2) is 12.4 Å². The lowest BCUT2D eigenvalue weighted by molar-refractivity contribution is -0.305. The lowest BCUT2D eigenvalue weighted by atomic mass is 9.99. The van der Waals surface area contributed by atoms with Crippen molar-refractivity contribution in [1.29, 1.82) is 0 Å². The van der Waals surface area contributed by atoms with Gasteiger partial charge in [0.05, 0.1) is 25.4 Å². The summed E-state index contributed by atoms with van der Waals surface area (Å²) in [6, 6.07) is -1.05. The lowest BCUT2D eigenvalue weighted by Crippen LogP contribution is -2.61. The first-order valence-electron chi connectivity index (χ1n) is 32.3. The van der Waals surface area contributed by atoms with Gasteiger partial charge in [-0.25, -0.2) is 0 Å². The Labute approximate surface area is 493 Å².